The van der Waals surface area contributed by atoms with E-state index < -0.39 is 0 Å². The first-order chi connectivity index (χ1) is 11.8. The molecule has 1 aliphatic rings. The van der Waals surface area contributed by atoms with Gasteiger partial charge in [-0.15, -0.1) is 0 Å². The Kier molecular flexibility index (Phi) is 2.86. The van der Waals surface area contributed by atoms with Crippen molar-refractivity contribution in [2.75, 3.05) is 0 Å². The van der Waals surface area contributed by atoms with Gasteiger partial charge in [-0.25, -0.2) is 0 Å². The van der Waals surface area contributed by atoms with E-state index in [4.69, 9.17) is 29.2 Å². The first-order valence-electron chi connectivity index (χ1n) is 7.64. The van der Waals surface area contributed by atoms with Crippen molar-refractivity contribution in [1.29, 1.82) is 0 Å². The zero-order valence-electron chi connectivity index (χ0n) is 12.5. The number of para-hydroxylation sites is 2. The summed E-state index contributed by atoms with van der Waals surface area (Å²) in [7, 11) is 0. The molecular formula is C20H11NOS2. The molecule has 0 aliphatic carbocycles. The molecule has 0 bridgehead atoms. The van der Waals surface area contributed by atoms with E-state index in [1.807, 2.05) is 12.1 Å². The van der Waals surface area contributed by atoms with Gasteiger partial charge in [0.2, 0.25) is 5.05 Å². The van der Waals surface area contributed by atoms with E-state index >= 15 is 0 Å². The highest BCUT2D eigenvalue weighted by Crippen LogP contribution is 2.35. The molecule has 0 N–H and O–H groups in total. The van der Waals surface area contributed by atoms with E-state index in [0.29, 0.717) is 10.1 Å². The summed E-state index contributed by atoms with van der Waals surface area (Å²) >= 11 is 10.7. The van der Waals surface area contributed by atoms with Crippen molar-refractivity contribution in [3.63, 3.8) is 0 Å². The van der Waals surface area contributed by atoms with Crippen LogP contribution in [0.4, 0.5) is 0 Å². The predicted molar refractivity (Wildman–Crippen MR) is 105 cm³/mol. The Balaban J connectivity index is 1.98. The van der Waals surface area contributed by atoms with Gasteiger partial charge in [-0.3, -0.25) is 0 Å². The predicted octanol–water partition coefficient (Wildman–Crippen LogP) is 5.16. The van der Waals surface area contributed by atoms with Crippen molar-refractivity contribution in [3.8, 4) is 5.69 Å². The van der Waals surface area contributed by atoms with Crippen LogP contribution in [0.2, 0.25) is 0 Å². The molecule has 0 saturated carbocycles. The number of hydrogen-bond donors (Lipinski definition) is 0. The lowest BCUT2D eigenvalue weighted by Crippen LogP contribution is -2.03. The van der Waals surface area contributed by atoms with Gasteiger partial charge in [-0.05, 0) is 48.7 Å². The molecule has 5 rings (SSSR count). The quantitative estimate of drug-likeness (QED) is 0.442. The molecule has 0 saturated heterocycles. The average Bonchev–Trinajstić information content (AvgIpc) is 3.10. The molecule has 0 amide bonds. The number of hydrogen-bond acceptors (Lipinski definition) is 3. The van der Waals surface area contributed by atoms with Gasteiger partial charge in [0.25, 0.3) is 0 Å². The third-order valence-corrected chi connectivity index (χ3v) is 5.06. The summed E-state index contributed by atoms with van der Waals surface area (Å²) in [5.41, 5.74) is 5.11. The second-order valence-corrected chi connectivity index (χ2v) is 6.49. The summed E-state index contributed by atoms with van der Waals surface area (Å²) in [6.07, 6.45) is 0. The Hall–Kier alpha value is -2.56. The highest BCUT2D eigenvalue weighted by molar-refractivity contribution is 7.82. The minimum absolute atomic E-state index is 0.451. The monoisotopic (exact) mass is 345 g/mol. The number of rotatable bonds is 1. The number of aromatic nitrogens is 1. The minimum atomic E-state index is 0.451. The number of benzene rings is 3. The molecule has 0 atom stereocenters. The fraction of sp³-hybridized carbons (Fsp3) is 0. The number of thiocarbonyl (C=S) groups is 2. The molecule has 2 heterocycles. The van der Waals surface area contributed by atoms with E-state index in [0.717, 1.165) is 27.8 Å². The standard InChI is InChI=1S/C20H11NOS2/c23-19-14-8-5-11-17(18(14)20(24)22-19)21-15-9-3-1-6-12(15)13-7-2-4-10-16(13)21/h1-11H. The Morgan fingerprint density at radius 1 is 0.667 bits per heavy atom. The Morgan fingerprint density at radius 2 is 1.29 bits per heavy atom. The molecule has 3 aromatic carbocycles. The Labute approximate surface area is 149 Å². The van der Waals surface area contributed by atoms with Crippen molar-refractivity contribution in [3.05, 3.63) is 77.9 Å². The van der Waals surface area contributed by atoms with Crippen molar-refractivity contribution in [2.24, 2.45) is 0 Å². The van der Waals surface area contributed by atoms with Crippen molar-refractivity contribution >= 4 is 56.3 Å². The van der Waals surface area contributed by atoms with Crippen molar-refractivity contribution in [2.45, 2.75) is 0 Å². The van der Waals surface area contributed by atoms with Crippen molar-refractivity contribution < 1.29 is 4.74 Å². The molecule has 0 unspecified atom stereocenters. The van der Waals surface area contributed by atoms with Gasteiger partial charge >= 0.3 is 0 Å². The van der Waals surface area contributed by atoms with E-state index in [1.165, 1.54) is 10.8 Å². The first kappa shape index (κ1) is 13.8. The zero-order valence-corrected chi connectivity index (χ0v) is 14.2. The molecule has 1 aromatic heterocycles. The molecule has 0 radical (unpaired) electrons. The largest absolute Gasteiger partial charge is 0.433 e. The van der Waals surface area contributed by atoms with Gasteiger partial charge in [-0.1, -0.05) is 42.5 Å². The molecule has 24 heavy (non-hydrogen) atoms. The minimum Gasteiger partial charge on any atom is -0.433 e. The van der Waals surface area contributed by atoms with Crippen LogP contribution in [0.15, 0.2) is 66.7 Å². The maximum atomic E-state index is 5.54. The van der Waals surface area contributed by atoms with Gasteiger partial charge in [0.05, 0.1) is 22.3 Å². The fourth-order valence-corrected chi connectivity index (χ4v) is 4.09. The number of ether oxygens (including phenoxy) is 1. The Morgan fingerprint density at radius 3 is 1.96 bits per heavy atom. The normalized spacial score (nSPS) is 13.5. The highest BCUT2D eigenvalue weighted by Gasteiger charge is 2.27. The maximum absolute atomic E-state index is 5.54. The van der Waals surface area contributed by atoms with Crippen LogP contribution in [-0.2, 0) is 4.74 Å². The fourth-order valence-electron chi connectivity index (χ4n) is 3.48. The van der Waals surface area contributed by atoms with Crippen LogP contribution < -0.4 is 0 Å². The van der Waals surface area contributed by atoms with Crippen LogP contribution >= 0.6 is 24.4 Å². The van der Waals surface area contributed by atoms with Crippen LogP contribution in [0, 0.1) is 0 Å². The van der Waals surface area contributed by atoms with Gasteiger partial charge < -0.3 is 9.30 Å². The molecular weight excluding hydrogens is 334 g/mol. The number of nitrogens with zero attached hydrogens (tertiary/aromatic N) is 1. The lowest BCUT2D eigenvalue weighted by atomic mass is 10.1. The van der Waals surface area contributed by atoms with E-state index in [9.17, 15) is 0 Å². The second kappa shape index (κ2) is 4.97. The third kappa shape index (κ3) is 1.75. The summed E-state index contributed by atoms with van der Waals surface area (Å²) in [5.74, 6) is 0. The summed E-state index contributed by atoms with van der Waals surface area (Å²) in [5, 5.41) is 3.35. The molecule has 4 aromatic rings. The summed E-state index contributed by atoms with van der Waals surface area (Å²) in [4.78, 5) is 0. The Bertz CT molecular complexity index is 1120. The van der Waals surface area contributed by atoms with E-state index in [1.54, 1.807) is 0 Å². The molecule has 0 spiro atoms. The van der Waals surface area contributed by atoms with Crippen LogP contribution in [0.1, 0.15) is 11.1 Å². The molecule has 2 nitrogen and oxygen atoms in total. The van der Waals surface area contributed by atoms with Gasteiger partial charge in [-0.2, -0.15) is 0 Å². The van der Waals surface area contributed by atoms with Gasteiger partial charge in [0, 0.05) is 16.3 Å². The zero-order chi connectivity index (χ0) is 16.3. The van der Waals surface area contributed by atoms with Crippen LogP contribution in [0.25, 0.3) is 27.5 Å². The lowest BCUT2D eigenvalue weighted by molar-refractivity contribution is 0.592. The SMILES string of the molecule is S=C1OC(=S)c2c1cccc2-n1c2ccccc2c2ccccc21. The third-order valence-electron chi connectivity index (χ3n) is 4.47. The van der Waals surface area contributed by atoms with Crippen LogP contribution in [0.5, 0.6) is 0 Å². The van der Waals surface area contributed by atoms with Crippen LogP contribution in [-0.4, -0.2) is 14.7 Å². The maximum Gasteiger partial charge on any atom is 0.202 e. The summed E-state index contributed by atoms with van der Waals surface area (Å²) in [6, 6.07) is 22.8. The lowest BCUT2D eigenvalue weighted by Gasteiger charge is -2.11. The van der Waals surface area contributed by atoms with E-state index in [-0.39, 0.29) is 0 Å². The molecule has 114 valence electrons. The van der Waals surface area contributed by atoms with Crippen LogP contribution in [0.3, 0.4) is 0 Å². The van der Waals surface area contributed by atoms with Crippen molar-refractivity contribution in [1.82, 2.24) is 4.57 Å². The molecule has 0 fully saturated rings. The van der Waals surface area contributed by atoms with Gasteiger partial charge in [0.15, 0.2) is 5.05 Å². The first-order valence-corrected chi connectivity index (χ1v) is 8.45. The average molecular weight is 345 g/mol. The summed E-state index contributed by atoms with van der Waals surface area (Å²) < 4.78 is 7.79. The van der Waals surface area contributed by atoms with E-state index in [2.05, 4.69) is 59.2 Å². The molecule has 1 aliphatic heterocycles. The van der Waals surface area contributed by atoms with Gasteiger partial charge in [0.1, 0.15) is 0 Å². The topological polar surface area (TPSA) is 14.2 Å². The number of fused-ring (bicyclic) bond motifs is 4. The summed E-state index contributed by atoms with van der Waals surface area (Å²) in [6.45, 7) is 0. The smallest absolute Gasteiger partial charge is 0.202 e. The second-order valence-electron chi connectivity index (χ2n) is 5.75. The molecule has 4 heteroatoms. The highest BCUT2D eigenvalue weighted by atomic mass is 32.1.